The van der Waals surface area contributed by atoms with E-state index in [0.29, 0.717) is 24.0 Å². The van der Waals surface area contributed by atoms with E-state index in [0.717, 1.165) is 6.61 Å². The first-order valence-corrected chi connectivity index (χ1v) is 4.31. The van der Waals surface area contributed by atoms with Crippen LogP contribution < -0.4 is 0 Å². The molecular formula is C9H18O2. The Morgan fingerprint density at radius 1 is 1.18 bits per heavy atom. The molecule has 0 amide bonds. The number of methoxy groups -OCH3 is 1. The topological polar surface area (TPSA) is 18.5 Å². The van der Waals surface area contributed by atoms with Gasteiger partial charge in [0.25, 0.3) is 0 Å². The van der Waals surface area contributed by atoms with Gasteiger partial charge in [-0.3, -0.25) is 0 Å². The van der Waals surface area contributed by atoms with Crippen molar-refractivity contribution in [1.29, 1.82) is 0 Å². The fourth-order valence-electron chi connectivity index (χ4n) is 1.64. The Morgan fingerprint density at radius 2 is 1.82 bits per heavy atom. The maximum absolute atomic E-state index is 5.70. The van der Waals surface area contributed by atoms with Gasteiger partial charge in [0.2, 0.25) is 0 Å². The molecule has 0 N–H and O–H groups in total. The van der Waals surface area contributed by atoms with Gasteiger partial charge in [-0.1, -0.05) is 13.8 Å². The summed E-state index contributed by atoms with van der Waals surface area (Å²) in [5.41, 5.74) is 0. The molecule has 0 aromatic heterocycles. The zero-order chi connectivity index (χ0) is 8.43. The number of rotatable bonds is 2. The monoisotopic (exact) mass is 158 g/mol. The maximum Gasteiger partial charge on any atom is 0.0841 e. The van der Waals surface area contributed by atoms with E-state index in [9.17, 15) is 0 Å². The highest BCUT2D eigenvalue weighted by Gasteiger charge is 2.35. The molecule has 66 valence electrons. The molecule has 1 aliphatic heterocycles. The first-order chi connectivity index (χ1) is 5.16. The normalized spacial score (nSPS) is 44.7. The Kier molecular flexibility index (Phi) is 2.90. The molecule has 1 rings (SSSR count). The molecule has 11 heavy (non-hydrogen) atoms. The second-order valence-electron chi connectivity index (χ2n) is 3.55. The van der Waals surface area contributed by atoms with Crippen LogP contribution in [0.4, 0.5) is 0 Å². The SMILES string of the molecule is COCC1OC(C)C(C)C1C. The molecule has 1 saturated heterocycles. The van der Waals surface area contributed by atoms with E-state index < -0.39 is 0 Å². The molecular weight excluding hydrogens is 140 g/mol. The van der Waals surface area contributed by atoms with Crippen molar-refractivity contribution in [2.45, 2.75) is 33.0 Å². The van der Waals surface area contributed by atoms with Crippen molar-refractivity contribution in [3.8, 4) is 0 Å². The van der Waals surface area contributed by atoms with E-state index in [4.69, 9.17) is 9.47 Å². The van der Waals surface area contributed by atoms with E-state index in [-0.39, 0.29) is 0 Å². The molecule has 0 aromatic rings. The lowest BCUT2D eigenvalue weighted by Crippen LogP contribution is -2.21. The number of hydrogen-bond donors (Lipinski definition) is 0. The Bertz CT molecular complexity index is 125. The van der Waals surface area contributed by atoms with Crippen LogP contribution in [0.1, 0.15) is 20.8 Å². The second kappa shape index (κ2) is 3.55. The van der Waals surface area contributed by atoms with Gasteiger partial charge >= 0.3 is 0 Å². The van der Waals surface area contributed by atoms with Gasteiger partial charge in [0.1, 0.15) is 0 Å². The van der Waals surface area contributed by atoms with Crippen LogP contribution in [-0.4, -0.2) is 25.9 Å². The van der Waals surface area contributed by atoms with Crippen LogP contribution in [0.2, 0.25) is 0 Å². The van der Waals surface area contributed by atoms with Crippen LogP contribution in [0.25, 0.3) is 0 Å². The third-order valence-electron chi connectivity index (χ3n) is 2.88. The van der Waals surface area contributed by atoms with Gasteiger partial charge < -0.3 is 9.47 Å². The summed E-state index contributed by atoms with van der Waals surface area (Å²) < 4.78 is 10.8. The van der Waals surface area contributed by atoms with Gasteiger partial charge in [-0.25, -0.2) is 0 Å². The van der Waals surface area contributed by atoms with E-state index >= 15 is 0 Å². The standard InChI is InChI=1S/C9H18O2/c1-6-7(2)9(5-10-4)11-8(6)3/h6-9H,5H2,1-4H3. The molecule has 2 nitrogen and oxygen atoms in total. The zero-order valence-corrected chi connectivity index (χ0v) is 7.83. The predicted molar refractivity (Wildman–Crippen MR) is 44.5 cm³/mol. The third-order valence-corrected chi connectivity index (χ3v) is 2.88. The maximum atomic E-state index is 5.70. The van der Waals surface area contributed by atoms with Crippen molar-refractivity contribution >= 4 is 0 Å². The highest BCUT2D eigenvalue weighted by molar-refractivity contribution is 4.82. The summed E-state index contributed by atoms with van der Waals surface area (Å²) in [6, 6.07) is 0. The third kappa shape index (κ3) is 1.74. The molecule has 2 heteroatoms. The quantitative estimate of drug-likeness (QED) is 0.609. The fraction of sp³-hybridized carbons (Fsp3) is 1.00. The summed E-state index contributed by atoms with van der Waals surface area (Å²) >= 11 is 0. The van der Waals surface area contributed by atoms with Gasteiger partial charge in [-0.2, -0.15) is 0 Å². The number of hydrogen-bond acceptors (Lipinski definition) is 2. The molecule has 4 atom stereocenters. The second-order valence-corrected chi connectivity index (χ2v) is 3.55. The summed E-state index contributed by atoms with van der Waals surface area (Å²) in [6.07, 6.45) is 0.704. The zero-order valence-electron chi connectivity index (χ0n) is 7.83. The van der Waals surface area contributed by atoms with Crippen LogP contribution in [0.15, 0.2) is 0 Å². The van der Waals surface area contributed by atoms with Gasteiger partial charge in [-0.05, 0) is 18.8 Å². The Balaban J connectivity index is 2.45. The van der Waals surface area contributed by atoms with E-state index in [1.807, 2.05) is 0 Å². The first-order valence-electron chi connectivity index (χ1n) is 4.31. The van der Waals surface area contributed by atoms with Gasteiger partial charge in [0.05, 0.1) is 18.8 Å². The minimum absolute atomic E-state index is 0.310. The van der Waals surface area contributed by atoms with Gasteiger partial charge in [0.15, 0.2) is 0 Å². The molecule has 0 aliphatic carbocycles. The minimum atomic E-state index is 0.310. The minimum Gasteiger partial charge on any atom is -0.382 e. The van der Waals surface area contributed by atoms with E-state index in [2.05, 4.69) is 20.8 Å². The Hall–Kier alpha value is -0.0800. The van der Waals surface area contributed by atoms with Crippen molar-refractivity contribution in [2.75, 3.05) is 13.7 Å². The molecule has 0 saturated carbocycles. The smallest absolute Gasteiger partial charge is 0.0841 e. The Morgan fingerprint density at radius 3 is 2.18 bits per heavy atom. The lowest BCUT2D eigenvalue weighted by Gasteiger charge is -2.14. The van der Waals surface area contributed by atoms with Crippen molar-refractivity contribution < 1.29 is 9.47 Å². The predicted octanol–water partition coefficient (Wildman–Crippen LogP) is 1.69. The van der Waals surface area contributed by atoms with Crippen LogP contribution >= 0.6 is 0 Å². The average Bonchev–Trinajstić information content (AvgIpc) is 2.19. The molecule has 1 aliphatic rings. The molecule has 4 unspecified atom stereocenters. The average molecular weight is 158 g/mol. The summed E-state index contributed by atoms with van der Waals surface area (Å²) in [5.74, 6) is 1.29. The highest BCUT2D eigenvalue weighted by Crippen LogP contribution is 2.31. The first kappa shape index (κ1) is 9.01. The summed E-state index contributed by atoms with van der Waals surface area (Å²) in [5, 5.41) is 0. The largest absolute Gasteiger partial charge is 0.382 e. The van der Waals surface area contributed by atoms with Crippen molar-refractivity contribution in [3.63, 3.8) is 0 Å². The molecule has 0 aromatic carbocycles. The summed E-state index contributed by atoms with van der Waals surface area (Å²) in [6.45, 7) is 7.34. The molecule has 0 bridgehead atoms. The summed E-state index contributed by atoms with van der Waals surface area (Å²) in [7, 11) is 1.73. The molecule has 1 heterocycles. The van der Waals surface area contributed by atoms with Crippen LogP contribution in [0.5, 0.6) is 0 Å². The molecule has 0 radical (unpaired) electrons. The van der Waals surface area contributed by atoms with Crippen molar-refractivity contribution in [1.82, 2.24) is 0 Å². The van der Waals surface area contributed by atoms with Crippen LogP contribution in [0, 0.1) is 11.8 Å². The highest BCUT2D eigenvalue weighted by atomic mass is 16.5. The summed E-state index contributed by atoms with van der Waals surface area (Å²) in [4.78, 5) is 0. The van der Waals surface area contributed by atoms with Crippen LogP contribution in [0.3, 0.4) is 0 Å². The fourth-order valence-corrected chi connectivity index (χ4v) is 1.64. The number of ether oxygens (including phenoxy) is 2. The Labute approximate surface area is 68.9 Å². The van der Waals surface area contributed by atoms with Crippen molar-refractivity contribution in [2.24, 2.45) is 11.8 Å². The lowest BCUT2D eigenvalue weighted by molar-refractivity contribution is -0.00681. The van der Waals surface area contributed by atoms with E-state index in [1.54, 1.807) is 7.11 Å². The van der Waals surface area contributed by atoms with Gasteiger partial charge in [-0.15, -0.1) is 0 Å². The van der Waals surface area contributed by atoms with E-state index in [1.165, 1.54) is 0 Å². The van der Waals surface area contributed by atoms with Gasteiger partial charge in [0, 0.05) is 7.11 Å². The molecule has 1 fully saturated rings. The van der Waals surface area contributed by atoms with Crippen molar-refractivity contribution in [3.05, 3.63) is 0 Å². The lowest BCUT2D eigenvalue weighted by atomic mass is 9.91. The van der Waals surface area contributed by atoms with Crippen LogP contribution in [-0.2, 0) is 9.47 Å². The molecule has 0 spiro atoms.